The van der Waals surface area contributed by atoms with E-state index in [0.29, 0.717) is 46.3 Å². The van der Waals surface area contributed by atoms with Crippen LogP contribution in [0.1, 0.15) is 74.8 Å². The summed E-state index contributed by atoms with van der Waals surface area (Å²) < 4.78 is 27.5. The largest absolute Gasteiger partial charge is 0.458 e. The highest BCUT2D eigenvalue weighted by molar-refractivity contribution is 5.91. The number of nitrogens with zero attached hydrogens (tertiary/aromatic N) is 2. The smallest absolute Gasteiger partial charge is 0.343 e. The molecular formula is C30H32FN3O6. The van der Waals surface area contributed by atoms with E-state index in [1.165, 1.54) is 10.6 Å². The summed E-state index contributed by atoms with van der Waals surface area (Å²) in [5, 5.41) is 14.9. The van der Waals surface area contributed by atoms with E-state index in [4.69, 9.17) is 14.5 Å². The van der Waals surface area contributed by atoms with Gasteiger partial charge in [0.2, 0.25) is 0 Å². The first kappa shape index (κ1) is 26.6. The molecule has 0 radical (unpaired) electrons. The number of halogens is 1. The van der Waals surface area contributed by atoms with Crippen molar-refractivity contribution in [2.75, 3.05) is 0 Å². The second-order valence-corrected chi connectivity index (χ2v) is 12.0. The molecule has 10 heteroatoms. The van der Waals surface area contributed by atoms with Crippen LogP contribution in [0.3, 0.4) is 0 Å². The van der Waals surface area contributed by atoms with Crippen molar-refractivity contribution < 1.29 is 28.6 Å². The summed E-state index contributed by atoms with van der Waals surface area (Å²) in [5.74, 6) is -1.44. The fourth-order valence-corrected chi connectivity index (χ4v) is 5.90. The minimum atomic E-state index is -1.95. The van der Waals surface area contributed by atoms with Crippen LogP contribution in [-0.2, 0) is 44.4 Å². The normalized spacial score (nSPS) is 20.5. The second-order valence-electron chi connectivity index (χ2n) is 12.0. The molecule has 2 aliphatic heterocycles. The molecule has 2 N–H and O–H groups in total. The van der Waals surface area contributed by atoms with Crippen LogP contribution in [0.5, 0.6) is 0 Å². The fourth-order valence-electron chi connectivity index (χ4n) is 5.90. The first-order valence-corrected chi connectivity index (χ1v) is 13.6. The van der Waals surface area contributed by atoms with Crippen LogP contribution in [0.25, 0.3) is 22.3 Å². The Kier molecular flexibility index (Phi) is 5.77. The van der Waals surface area contributed by atoms with E-state index < -0.39 is 28.6 Å². The van der Waals surface area contributed by atoms with Crippen LogP contribution in [-0.4, -0.2) is 37.7 Å². The molecule has 4 heterocycles. The van der Waals surface area contributed by atoms with Crippen LogP contribution in [0.2, 0.25) is 0 Å². The van der Waals surface area contributed by atoms with Crippen molar-refractivity contribution in [3.8, 4) is 11.4 Å². The number of aliphatic hydroxyl groups is 1. The zero-order valence-electron chi connectivity index (χ0n) is 23.2. The number of nitrogens with one attached hydrogen (secondary N) is 1. The van der Waals surface area contributed by atoms with Crippen molar-refractivity contribution in [2.45, 2.75) is 90.4 Å². The predicted octanol–water partition coefficient (Wildman–Crippen LogP) is 3.49. The van der Waals surface area contributed by atoms with E-state index >= 15 is 0 Å². The maximum atomic E-state index is 14.7. The Balaban J connectivity index is 1.48. The third-order valence-corrected chi connectivity index (χ3v) is 8.13. The van der Waals surface area contributed by atoms with Gasteiger partial charge in [-0.25, -0.2) is 14.2 Å². The molecule has 1 fully saturated rings. The molecule has 3 aromatic rings. The van der Waals surface area contributed by atoms with Crippen LogP contribution < -0.4 is 10.9 Å². The lowest BCUT2D eigenvalue weighted by Crippen LogP contribution is -2.44. The number of carbonyl (C=O) groups is 2. The number of esters is 1. The third kappa shape index (κ3) is 3.96. The molecule has 2 aromatic heterocycles. The van der Waals surface area contributed by atoms with Crippen LogP contribution in [0, 0.1) is 12.7 Å². The van der Waals surface area contributed by atoms with Crippen molar-refractivity contribution in [1.29, 1.82) is 0 Å². The molecule has 1 amide bonds. The molecule has 9 nitrogen and oxygen atoms in total. The maximum Gasteiger partial charge on any atom is 0.343 e. The van der Waals surface area contributed by atoms with Crippen molar-refractivity contribution in [3.05, 3.63) is 62.2 Å². The van der Waals surface area contributed by atoms with Crippen LogP contribution in [0.4, 0.5) is 4.39 Å². The van der Waals surface area contributed by atoms with Crippen molar-refractivity contribution >= 4 is 22.8 Å². The summed E-state index contributed by atoms with van der Waals surface area (Å²) in [6.45, 7) is 9.10. The number of aromatic nitrogens is 2. The number of fused-ring (bicyclic) bond motifs is 5. The molecule has 1 saturated carbocycles. The van der Waals surface area contributed by atoms with Crippen LogP contribution >= 0.6 is 0 Å². The molecular weight excluding hydrogens is 517 g/mol. The number of benzene rings is 1. The lowest BCUT2D eigenvalue weighted by molar-refractivity contribution is -0.172. The topological polar surface area (TPSA) is 120 Å². The van der Waals surface area contributed by atoms with Gasteiger partial charge in [-0.05, 0) is 70.2 Å². The van der Waals surface area contributed by atoms with Gasteiger partial charge < -0.3 is 24.5 Å². The molecule has 0 saturated heterocycles. The highest BCUT2D eigenvalue weighted by Crippen LogP contribution is 2.44. The van der Waals surface area contributed by atoms with E-state index in [1.54, 1.807) is 26.0 Å². The van der Waals surface area contributed by atoms with E-state index in [1.807, 2.05) is 20.8 Å². The van der Waals surface area contributed by atoms with Gasteiger partial charge in [0, 0.05) is 29.1 Å². The Labute approximate surface area is 230 Å². The fraction of sp³-hybridized carbons (Fsp3) is 0.467. The Morgan fingerprint density at radius 2 is 1.95 bits per heavy atom. The number of aryl methyl sites for hydroxylation is 1. The number of hydrogen-bond donors (Lipinski definition) is 2. The minimum Gasteiger partial charge on any atom is -0.458 e. The first-order valence-electron chi connectivity index (χ1n) is 13.6. The zero-order valence-corrected chi connectivity index (χ0v) is 23.2. The van der Waals surface area contributed by atoms with E-state index in [9.17, 15) is 23.9 Å². The van der Waals surface area contributed by atoms with Gasteiger partial charge >= 0.3 is 5.97 Å². The first-order chi connectivity index (χ1) is 18.8. The van der Waals surface area contributed by atoms with Crippen molar-refractivity contribution in [2.24, 2.45) is 0 Å². The lowest BCUT2D eigenvalue weighted by Gasteiger charge is -2.31. The number of carbonyl (C=O) groups excluding carboxylic acids is 2. The van der Waals surface area contributed by atoms with Gasteiger partial charge in [0.15, 0.2) is 5.60 Å². The third-order valence-electron chi connectivity index (χ3n) is 8.13. The second kappa shape index (κ2) is 8.68. The molecule has 0 unspecified atom stereocenters. The van der Waals surface area contributed by atoms with Gasteiger partial charge in [0.1, 0.15) is 18.0 Å². The summed E-state index contributed by atoms with van der Waals surface area (Å²) in [6.07, 6.45) is 1.28. The summed E-state index contributed by atoms with van der Waals surface area (Å²) in [7, 11) is 0. The van der Waals surface area contributed by atoms with Crippen molar-refractivity contribution in [1.82, 2.24) is 14.9 Å². The van der Waals surface area contributed by atoms with Gasteiger partial charge in [-0.3, -0.25) is 9.59 Å². The predicted molar refractivity (Wildman–Crippen MR) is 144 cm³/mol. The molecule has 6 rings (SSSR count). The van der Waals surface area contributed by atoms with E-state index in [-0.39, 0.29) is 48.7 Å². The van der Waals surface area contributed by atoms with Gasteiger partial charge in [-0.15, -0.1) is 0 Å². The molecule has 0 spiro atoms. The molecule has 0 bridgehead atoms. The van der Waals surface area contributed by atoms with Crippen molar-refractivity contribution in [3.63, 3.8) is 0 Å². The van der Waals surface area contributed by atoms with Crippen LogP contribution in [0.15, 0.2) is 23.0 Å². The average molecular weight is 550 g/mol. The summed E-state index contributed by atoms with van der Waals surface area (Å²) in [4.78, 5) is 44.1. The average Bonchev–Trinajstić information content (AvgIpc) is 3.57. The molecule has 1 aromatic carbocycles. The number of ether oxygens (including phenoxy) is 2. The maximum absolute atomic E-state index is 14.7. The van der Waals surface area contributed by atoms with Gasteiger partial charge in [-0.1, -0.05) is 6.92 Å². The molecule has 210 valence electrons. The number of cyclic esters (lactones) is 1. The summed E-state index contributed by atoms with van der Waals surface area (Å²) >= 11 is 0. The molecule has 3 aliphatic rings. The quantitative estimate of drug-likeness (QED) is 0.366. The highest BCUT2D eigenvalue weighted by Gasteiger charge is 2.53. The molecule has 1 atom stereocenters. The van der Waals surface area contributed by atoms with Gasteiger partial charge in [0.05, 0.1) is 34.6 Å². The Morgan fingerprint density at radius 1 is 1.23 bits per heavy atom. The number of pyridine rings is 2. The number of hydrogen-bond acceptors (Lipinski definition) is 7. The van der Waals surface area contributed by atoms with E-state index in [0.717, 1.165) is 5.56 Å². The minimum absolute atomic E-state index is 0.0277. The lowest BCUT2D eigenvalue weighted by atomic mass is 9.86. The number of rotatable bonds is 5. The molecule has 1 aliphatic carbocycles. The standard InChI is InChI=1S/C30H32FN3O6/c1-6-30(38)20-10-23-24-18(13-34(23)25(35)19(20)14-39-27(30)37)17(16-9-15(2)21(31)11-22(16)33-24)12-32-26(36)29(7-8-29)40-28(3,4)5/h9-11,38H,6-8,12-14H2,1-5H3,(H,32,36)/t30-/m0/s1. The van der Waals surface area contributed by atoms with Gasteiger partial charge in [0.25, 0.3) is 11.5 Å². The Morgan fingerprint density at radius 3 is 2.60 bits per heavy atom. The Hall–Kier alpha value is -3.63. The summed E-state index contributed by atoms with van der Waals surface area (Å²) in [5.41, 5.74) is -0.151. The highest BCUT2D eigenvalue weighted by atomic mass is 19.1. The zero-order chi connectivity index (χ0) is 28.8. The Bertz CT molecular complexity index is 1680. The van der Waals surface area contributed by atoms with Gasteiger partial charge in [-0.2, -0.15) is 0 Å². The molecule has 40 heavy (non-hydrogen) atoms. The van der Waals surface area contributed by atoms with E-state index in [2.05, 4.69) is 5.32 Å². The summed E-state index contributed by atoms with van der Waals surface area (Å²) in [6, 6.07) is 4.67. The monoisotopic (exact) mass is 549 g/mol. The number of amides is 1. The SMILES string of the molecule is CC[C@@]1(O)C(=O)OCc2c1cc1n(c2=O)Cc2c-1nc1cc(F)c(C)cc1c2CNC(=O)C1(OC(C)(C)C)CC1.